The molecule has 18 heavy (non-hydrogen) atoms. The number of hydrogen-bond acceptors (Lipinski definition) is 5. The third kappa shape index (κ3) is 2.83. The van der Waals surface area contributed by atoms with Crippen LogP contribution >= 0.6 is 43.2 Å². The van der Waals surface area contributed by atoms with E-state index in [1.165, 1.54) is 0 Å². The number of hydrogen-bond donors (Lipinski definition) is 2. The Labute approximate surface area is 126 Å². The van der Waals surface area contributed by atoms with E-state index >= 15 is 0 Å². The standard InChI is InChI=1S/C10H13Br2N5S/c1-2-3-17-7(5-14-16-17)9(15-13)8-4-6(11)10(12)18-8/h4-5,9,15H,2-3,13H2,1H3. The van der Waals surface area contributed by atoms with E-state index in [0.717, 1.165) is 31.8 Å². The maximum atomic E-state index is 5.68. The summed E-state index contributed by atoms with van der Waals surface area (Å²) >= 11 is 8.60. The summed E-state index contributed by atoms with van der Waals surface area (Å²) in [4.78, 5) is 1.11. The molecule has 0 saturated carbocycles. The maximum absolute atomic E-state index is 5.68. The molecule has 2 rings (SSSR count). The average molecular weight is 395 g/mol. The highest BCUT2D eigenvalue weighted by Gasteiger charge is 2.20. The Hall–Kier alpha value is -0.280. The van der Waals surface area contributed by atoms with Crippen molar-refractivity contribution >= 4 is 43.2 Å². The van der Waals surface area contributed by atoms with Crippen LogP contribution in [-0.4, -0.2) is 15.0 Å². The molecule has 1 atom stereocenters. The molecule has 0 radical (unpaired) electrons. The fourth-order valence-corrected chi connectivity index (χ4v) is 3.86. The van der Waals surface area contributed by atoms with Crippen molar-refractivity contribution in [3.05, 3.63) is 31.1 Å². The Balaban J connectivity index is 2.35. The molecule has 1 unspecified atom stereocenters. The Kier molecular flexibility index (Phi) is 4.91. The zero-order chi connectivity index (χ0) is 13.1. The summed E-state index contributed by atoms with van der Waals surface area (Å²) < 4.78 is 3.95. The molecule has 98 valence electrons. The summed E-state index contributed by atoms with van der Waals surface area (Å²) in [7, 11) is 0. The van der Waals surface area contributed by atoms with E-state index in [0.29, 0.717) is 0 Å². The number of aromatic nitrogens is 3. The van der Waals surface area contributed by atoms with Crippen LogP contribution in [0.1, 0.15) is 30.0 Å². The molecule has 0 spiro atoms. The molecular weight excluding hydrogens is 382 g/mol. The van der Waals surface area contributed by atoms with Crippen LogP contribution in [0.15, 0.2) is 20.5 Å². The number of halogens is 2. The maximum Gasteiger partial charge on any atom is 0.0987 e. The summed E-state index contributed by atoms with van der Waals surface area (Å²) in [5.41, 5.74) is 3.80. The molecule has 3 N–H and O–H groups in total. The van der Waals surface area contributed by atoms with E-state index in [1.54, 1.807) is 17.5 Å². The molecule has 2 aromatic rings. The molecule has 0 aliphatic heterocycles. The summed E-state index contributed by atoms with van der Waals surface area (Å²) in [5.74, 6) is 5.68. The predicted octanol–water partition coefficient (Wildman–Crippen LogP) is 2.83. The lowest BCUT2D eigenvalue weighted by Crippen LogP contribution is -2.30. The Morgan fingerprint density at radius 1 is 1.56 bits per heavy atom. The van der Waals surface area contributed by atoms with Crippen molar-refractivity contribution in [1.29, 1.82) is 0 Å². The van der Waals surface area contributed by atoms with Crippen molar-refractivity contribution in [2.75, 3.05) is 0 Å². The van der Waals surface area contributed by atoms with Crippen molar-refractivity contribution in [3.63, 3.8) is 0 Å². The van der Waals surface area contributed by atoms with Crippen molar-refractivity contribution in [2.45, 2.75) is 25.9 Å². The van der Waals surface area contributed by atoms with Gasteiger partial charge in [0.2, 0.25) is 0 Å². The third-order valence-corrected chi connectivity index (χ3v) is 5.82. The number of nitrogens with two attached hydrogens (primary N) is 1. The van der Waals surface area contributed by atoms with E-state index in [9.17, 15) is 0 Å². The Morgan fingerprint density at radius 2 is 2.33 bits per heavy atom. The lowest BCUT2D eigenvalue weighted by atomic mass is 10.2. The van der Waals surface area contributed by atoms with Crippen LogP contribution in [0.5, 0.6) is 0 Å². The first-order valence-electron chi connectivity index (χ1n) is 5.46. The SMILES string of the molecule is CCCn1nncc1C(NN)c1cc(Br)c(Br)s1. The molecular formula is C10H13Br2N5S. The first-order chi connectivity index (χ1) is 8.67. The second-order valence-electron chi connectivity index (χ2n) is 3.75. The van der Waals surface area contributed by atoms with E-state index < -0.39 is 0 Å². The Morgan fingerprint density at radius 3 is 2.89 bits per heavy atom. The van der Waals surface area contributed by atoms with Crippen LogP contribution in [0.2, 0.25) is 0 Å². The number of rotatable bonds is 5. The summed E-state index contributed by atoms with van der Waals surface area (Å²) in [6, 6.07) is 1.95. The topological polar surface area (TPSA) is 68.8 Å². The third-order valence-electron chi connectivity index (χ3n) is 2.49. The molecule has 0 aromatic carbocycles. The van der Waals surface area contributed by atoms with Gasteiger partial charge in [0.1, 0.15) is 0 Å². The molecule has 0 bridgehead atoms. The van der Waals surface area contributed by atoms with Gasteiger partial charge >= 0.3 is 0 Å². The summed E-state index contributed by atoms with van der Waals surface area (Å²) in [6.45, 7) is 2.94. The first kappa shape index (κ1) is 14.1. The number of nitrogens with zero attached hydrogens (tertiary/aromatic N) is 3. The van der Waals surface area contributed by atoms with Gasteiger partial charge in [0.05, 0.1) is 21.7 Å². The molecule has 0 aliphatic rings. The highest BCUT2D eigenvalue weighted by atomic mass is 79.9. The minimum absolute atomic E-state index is 0.0980. The molecule has 8 heteroatoms. The molecule has 2 heterocycles. The lowest BCUT2D eigenvalue weighted by Gasteiger charge is -2.15. The average Bonchev–Trinajstić information content (AvgIpc) is 2.90. The van der Waals surface area contributed by atoms with Gasteiger partial charge in [-0.25, -0.2) is 10.1 Å². The predicted molar refractivity (Wildman–Crippen MR) is 79.2 cm³/mol. The van der Waals surface area contributed by atoms with Crippen molar-refractivity contribution in [2.24, 2.45) is 5.84 Å². The van der Waals surface area contributed by atoms with E-state index in [4.69, 9.17) is 5.84 Å². The zero-order valence-electron chi connectivity index (χ0n) is 9.73. The Bertz CT molecular complexity index is 505. The van der Waals surface area contributed by atoms with Crippen LogP contribution in [0.4, 0.5) is 0 Å². The molecule has 0 fully saturated rings. The van der Waals surface area contributed by atoms with Crippen LogP contribution in [0.25, 0.3) is 0 Å². The lowest BCUT2D eigenvalue weighted by molar-refractivity contribution is 0.515. The minimum atomic E-state index is -0.0980. The van der Waals surface area contributed by atoms with Gasteiger partial charge in [-0.3, -0.25) is 5.84 Å². The zero-order valence-corrected chi connectivity index (χ0v) is 13.7. The monoisotopic (exact) mass is 393 g/mol. The van der Waals surface area contributed by atoms with E-state index in [2.05, 4.69) is 54.5 Å². The fourth-order valence-electron chi connectivity index (χ4n) is 1.69. The van der Waals surface area contributed by atoms with Crippen molar-refractivity contribution in [1.82, 2.24) is 20.4 Å². The first-order valence-corrected chi connectivity index (χ1v) is 7.86. The van der Waals surface area contributed by atoms with Gasteiger partial charge in [0.15, 0.2) is 0 Å². The van der Waals surface area contributed by atoms with Gasteiger partial charge in [-0.2, -0.15) is 0 Å². The van der Waals surface area contributed by atoms with E-state index in [-0.39, 0.29) is 6.04 Å². The quantitative estimate of drug-likeness (QED) is 0.604. The smallest absolute Gasteiger partial charge is 0.0987 e. The molecule has 5 nitrogen and oxygen atoms in total. The number of thiophene rings is 1. The molecule has 2 aromatic heterocycles. The number of aryl methyl sites for hydroxylation is 1. The summed E-state index contributed by atoms with van der Waals surface area (Å²) in [5, 5.41) is 8.04. The second kappa shape index (κ2) is 6.25. The van der Waals surface area contributed by atoms with Gasteiger partial charge in [0, 0.05) is 15.9 Å². The summed E-state index contributed by atoms with van der Waals surface area (Å²) in [6.07, 6.45) is 2.76. The largest absolute Gasteiger partial charge is 0.270 e. The van der Waals surface area contributed by atoms with Gasteiger partial charge in [0.25, 0.3) is 0 Å². The number of hydrazine groups is 1. The van der Waals surface area contributed by atoms with Crippen LogP contribution < -0.4 is 11.3 Å². The highest BCUT2D eigenvalue weighted by Crippen LogP contribution is 2.37. The minimum Gasteiger partial charge on any atom is -0.270 e. The van der Waals surface area contributed by atoms with Crippen LogP contribution in [0, 0.1) is 0 Å². The second-order valence-corrected chi connectivity index (χ2v) is 7.01. The number of nitrogens with one attached hydrogen (secondary N) is 1. The van der Waals surface area contributed by atoms with E-state index in [1.807, 2.05) is 10.7 Å². The van der Waals surface area contributed by atoms with Gasteiger partial charge in [-0.05, 0) is 44.3 Å². The molecule has 0 aliphatic carbocycles. The normalized spacial score (nSPS) is 12.9. The van der Waals surface area contributed by atoms with Gasteiger partial charge < -0.3 is 0 Å². The van der Waals surface area contributed by atoms with Crippen LogP contribution in [-0.2, 0) is 6.54 Å². The molecule has 0 saturated heterocycles. The van der Waals surface area contributed by atoms with Crippen LogP contribution in [0.3, 0.4) is 0 Å². The molecule has 0 amide bonds. The van der Waals surface area contributed by atoms with Gasteiger partial charge in [-0.1, -0.05) is 12.1 Å². The van der Waals surface area contributed by atoms with Crippen molar-refractivity contribution in [3.8, 4) is 0 Å². The highest BCUT2D eigenvalue weighted by molar-refractivity contribution is 9.13. The van der Waals surface area contributed by atoms with Gasteiger partial charge in [-0.15, -0.1) is 16.4 Å². The van der Waals surface area contributed by atoms with Crippen molar-refractivity contribution < 1.29 is 0 Å². The fraction of sp³-hybridized carbons (Fsp3) is 0.400.